The Bertz CT molecular complexity index is 1260. The number of halogens is 3. The van der Waals surface area contributed by atoms with E-state index in [4.69, 9.17) is 5.73 Å². The highest BCUT2D eigenvalue weighted by atomic mass is 32.2. The molecule has 1 atom stereocenters. The number of benzene rings is 2. The number of alkyl halides is 3. The van der Waals surface area contributed by atoms with Gasteiger partial charge in [-0.3, -0.25) is 4.72 Å². The van der Waals surface area contributed by atoms with Crippen molar-refractivity contribution in [1.29, 1.82) is 0 Å². The molecule has 8 nitrogen and oxygen atoms in total. The minimum Gasteiger partial charge on any atom is -0.465 e. The standard InChI is InChI=1S/C26H32F3N3O4S.C3H9N/c1-2-31(17-18-11-13-32(14-12-18)25(33)34)23-8-4-19-3-7-22(15-20(19)16-23)30-37(35,36)24-9-5-21(6-10-24)26(27,28)29;1-3(2)4/h3,5-7,9-10,15,18,23,30H,2,4,8,11-14,16-17H2,1H3,(H,33,34);3H,4H2,1-2H3. The molecular weight excluding hydrogens is 557 g/mol. The molecule has 228 valence electrons. The largest absolute Gasteiger partial charge is 0.465 e. The SMILES string of the molecule is CC(C)N.CCN(CC1CCN(C(=O)O)CC1)C1CCc2ccc(NS(=O)(=O)c3ccc(C(F)(F)F)cc3)cc2C1. The van der Waals surface area contributed by atoms with E-state index in [2.05, 4.69) is 16.5 Å². The van der Waals surface area contributed by atoms with Crippen LogP contribution in [0, 0.1) is 5.92 Å². The van der Waals surface area contributed by atoms with Crippen LogP contribution in [0.25, 0.3) is 0 Å². The molecule has 1 fully saturated rings. The molecule has 4 N–H and O–H groups in total. The zero-order chi connectivity index (χ0) is 30.4. The molecule has 0 radical (unpaired) electrons. The summed E-state index contributed by atoms with van der Waals surface area (Å²) in [6.45, 7) is 8.92. The van der Waals surface area contributed by atoms with Crippen LogP contribution in [0.1, 0.15) is 56.7 Å². The fourth-order valence-corrected chi connectivity index (χ4v) is 6.37. The molecule has 0 saturated carbocycles. The van der Waals surface area contributed by atoms with Crippen molar-refractivity contribution in [3.8, 4) is 0 Å². The first kappa shape index (κ1) is 32.7. The number of nitrogens with zero attached hydrogens (tertiary/aromatic N) is 2. The van der Waals surface area contributed by atoms with Crippen molar-refractivity contribution in [3.63, 3.8) is 0 Å². The Balaban J connectivity index is 0.00000108. The van der Waals surface area contributed by atoms with Gasteiger partial charge in [0.25, 0.3) is 10.0 Å². The summed E-state index contributed by atoms with van der Waals surface area (Å²) in [5.74, 6) is 0.443. The van der Waals surface area contributed by atoms with Crippen LogP contribution in [0.4, 0.5) is 23.7 Å². The number of piperidine rings is 1. The number of carboxylic acid groups (broad SMARTS) is 1. The highest BCUT2D eigenvalue weighted by Crippen LogP contribution is 2.31. The number of amides is 1. The van der Waals surface area contributed by atoms with Crippen LogP contribution >= 0.6 is 0 Å². The van der Waals surface area contributed by atoms with E-state index in [0.717, 1.165) is 75.0 Å². The molecule has 2 aromatic rings. The van der Waals surface area contributed by atoms with E-state index < -0.39 is 27.9 Å². The van der Waals surface area contributed by atoms with Crippen molar-refractivity contribution >= 4 is 21.8 Å². The zero-order valence-corrected chi connectivity index (χ0v) is 24.6. The number of hydrogen-bond donors (Lipinski definition) is 3. The Morgan fingerprint density at radius 2 is 1.71 bits per heavy atom. The lowest BCUT2D eigenvalue weighted by Gasteiger charge is -2.39. The highest BCUT2D eigenvalue weighted by molar-refractivity contribution is 7.92. The number of anilines is 1. The van der Waals surface area contributed by atoms with Gasteiger partial charge in [-0.2, -0.15) is 13.2 Å². The van der Waals surface area contributed by atoms with Crippen molar-refractivity contribution in [2.45, 2.75) is 76.0 Å². The van der Waals surface area contributed by atoms with E-state index in [-0.39, 0.29) is 4.90 Å². The summed E-state index contributed by atoms with van der Waals surface area (Å²) in [6.07, 6.45) is -1.06. The summed E-state index contributed by atoms with van der Waals surface area (Å²) in [6, 6.07) is 9.50. The number of aryl methyl sites for hydroxylation is 1. The fraction of sp³-hybridized carbons (Fsp3) is 0.552. The molecule has 0 aromatic heterocycles. The molecular formula is C29H41F3N4O4S. The molecule has 2 aromatic carbocycles. The fourth-order valence-electron chi connectivity index (χ4n) is 5.33. The van der Waals surface area contributed by atoms with Crippen LogP contribution in [-0.2, 0) is 29.0 Å². The van der Waals surface area contributed by atoms with Crippen molar-refractivity contribution in [3.05, 3.63) is 59.2 Å². The predicted molar refractivity (Wildman–Crippen MR) is 153 cm³/mol. The van der Waals surface area contributed by atoms with Crippen molar-refractivity contribution < 1.29 is 31.5 Å². The minimum atomic E-state index is -4.53. The highest BCUT2D eigenvalue weighted by Gasteiger charge is 2.31. The quantitative estimate of drug-likeness (QED) is 0.392. The summed E-state index contributed by atoms with van der Waals surface area (Å²) < 4.78 is 66.6. The predicted octanol–water partition coefficient (Wildman–Crippen LogP) is 5.43. The van der Waals surface area contributed by atoms with E-state index in [0.29, 0.717) is 36.8 Å². The molecule has 1 aliphatic heterocycles. The molecule has 1 heterocycles. The molecule has 0 spiro atoms. The van der Waals surface area contributed by atoms with Gasteiger partial charge in [-0.05, 0) is 98.1 Å². The van der Waals surface area contributed by atoms with Gasteiger partial charge in [0.1, 0.15) is 0 Å². The summed E-state index contributed by atoms with van der Waals surface area (Å²) in [7, 11) is -4.04. The van der Waals surface area contributed by atoms with E-state index >= 15 is 0 Å². The topological polar surface area (TPSA) is 116 Å². The normalized spacial score (nSPS) is 18.1. The monoisotopic (exact) mass is 598 g/mol. The maximum Gasteiger partial charge on any atom is 0.416 e. The van der Waals surface area contributed by atoms with Gasteiger partial charge in [0.2, 0.25) is 0 Å². The first-order chi connectivity index (χ1) is 19.2. The Kier molecular flexibility index (Phi) is 11.1. The van der Waals surface area contributed by atoms with Crippen LogP contribution in [0.5, 0.6) is 0 Å². The van der Waals surface area contributed by atoms with Gasteiger partial charge in [0.15, 0.2) is 0 Å². The van der Waals surface area contributed by atoms with Crippen LogP contribution in [0.3, 0.4) is 0 Å². The van der Waals surface area contributed by atoms with Crippen molar-refractivity contribution in [1.82, 2.24) is 9.80 Å². The third-order valence-corrected chi connectivity index (χ3v) is 8.85. The summed E-state index contributed by atoms with van der Waals surface area (Å²) >= 11 is 0. The van der Waals surface area contributed by atoms with Gasteiger partial charge in [-0.15, -0.1) is 0 Å². The lowest BCUT2D eigenvalue weighted by atomic mass is 9.86. The van der Waals surface area contributed by atoms with E-state index in [1.165, 1.54) is 10.5 Å². The second-order valence-corrected chi connectivity index (χ2v) is 12.7. The van der Waals surface area contributed by atoms with Crippen molar-refractivity contribution in [2.24, 2.45) is 11.7 Å². The van der Waals surface area contributed by atoms with Crippen LogP contribution < -0.4 is 10.5 Å². The van der Waals surface area contributed by atoms with E-state index in [1.54, 1.807) is 6.07 Å². The van der Waals surface area contributed by atoms with Gasteiger partial charge in [0.05, 0.1) is 10.5 Å². The van der Waals surface area contributed by atoms with E-state index in [9.17, 15) is 31.5 Å². The van der Waals surface area contributed by atoms with Gasteiger partial charge in [-0.1, -0.05) is 26.8 Å². The Morgan fingerprint density at radius 3 is 2.24 bits per heavy atom. The number of nitrogens with two attached hydrogens (primary N) is 1. The Morgan fingerprint density at radius 1 is 1.10 bits per heavy atom. The zero-order valence-electron chi connectivity index (χ0n) is 23.8. The molecule has 1 amide bonds. The lowest BCUT2D eigenvalue weighted by Crippen LogP contribution is -2.45. The van der Waals surface area contributed by atoms with Gasteiger partial charge < -0.3 is 20.6 Å². The second-order valence-electron chi connectivity index (χ2n) is 11.1. The molecule has 4 rings (SSSR count). The lowest BCUT2D eigenvalue weighted by molar-refractivity contribution is -0.137. The number of nitrogens with one attached hydrogen (secondary N) is 1. The maximum absolute atomic E-state index is 12.8. The number of likely N-dealkylation sites (tertiary alicyclic amines) is 1. The maximum atomic E-state index is 12.8. The first-order valence-corrected chi connectivity index (χ1v) is 15.5. The van der Waals surface area contributed by atoms with E-state index in [1.807, 2.05) is 26.0 Å². The molecule has 2 aliphatic rings. The summed E-state index contributed by atoms with van der Waals surface area (Å²) in [4.78, 5) is 14.9. The minimum absolute atomic E-state index is 0.234. The third-order valence-electron chi connectivity index (χ3n) is 7.45. The number of sulfonamides is 1. The molecule has 1 saturated heterocycles. The Hall–Kier alpha value is -2.83. The van der Waals surface area contributed by atoms with Crippen molar-refractivity contribution in [2.75, 3.05) is 30.9 Å². The smallest absolute Gasteiger partial charge is 0.416 e. The van der Waals surface area contributed by atoms with Gasteiger partial charge in [0, 0.05) is 31.4 Å². The van der Waals surface area contributed by atoms with Gasteiger partial charge >= 0.3 is 12.3 Å². The van der Waals surface area contributed by atoms with Crippen LogP contribution in [-0.4, -0.2) is 67.7 Å². The second kappa shape index (κ2) is 13.9. The number of rotatable bonds is 7. The number of carbonyl (C=O) groups is 1. The number of fused-ring (bicyclic) bond motifs is 1. The summed E-state index contributed by atoms with van der Waals surface area (Å²) in [5.41, 5.74) is 6.81. The molecule has 12 heteroatoms. The number of hydrogen-bond acceptors (Lipinski definition) is 5. The molecule has 1 aliphatic carbocycles. The third kappa shape index (κ3) is 9.34. The molecule has 0 bridgehead atoms. The number of likely N-dealkylation sites (N-methyl/N-ethyl adjacent to an activating group) is 1. The first-order valence-electron chi connectivity index (χ1n) is 14.0. The van der Waals surface area contributed by atoms with Crippen LogP contribution in [0.15, 0.2) is 47.4 Å². The van der Waals surface area contributed by atoms with Gasteiger partial charge in [-0.25, -0.2) is 13.2 Å². The Labute approximate surface area is 240 Å². The average Bonchev–Trinajstić information content (AvgIpc) is 2.90. The summed E-state index contributed by atoms with van der Waals surface area (Å²) in [5, 5.41) is 9.18. The molecule has 41 heavy (non-hydrogen) atoms. The molecule has 1 unspecified atom stereocenters. The van der Waals surface area contributed by atoms with Crippen LogP contribution in [0.2, 0.25) is 0 Å². The average molecular weight is 599 g/mol.